The molecule has 0 unspecified atom stereocenters. The number of aromatic nitrogens is 2. The van der Waals surface area contributed by atoms with E-state index in [2.05, 4.69) is 10.3 Å². The van der Waals surface area contributed by atoms with E-state index in [1.165, 1.54) is 7.05 Å². The number of pyridine rings is 2. The standard InChI is InChI=1S/C23H22N4O3/c1-24-21(28)20-18-10-12-26(22(29)19-9-5-6-11-25-19)14-17(18)15-27(23(20)30)13-16-7-3-2-4-8-16/h2-9,11,15H,10,12-14H2,1H3,(H,24,28). The van der Waals surface area contributed by atoms with Gasteiger partial charge in [-0.25, -0.2) is 0 Å². The molecule has 1 aliphatic rings. The largest absolute Gasteiger partial charge is 0.355 e. The van der Waals surface area contributed by atoms with Gasteiger partial charge in [0, 0.05) is 32.5 Å². The third-order valence-electron chi connectivity index (χ3n) is 5.29. The molecule has 1 N–H and O–H groups in total. The minimum atomic E-state index is -0.400. The van der Waals surface area contributed by atoms with E-state index in [4.69, 9.17) is 0 Å². The Hall–Kier alpha value is -3.74. The Morgan fingerprint density at radius 2 is 1.87 bits per heavy atom. The molecule has 2 aromatic heterocycles. The van der Waals surface area contributed by atoms with E-state index in [9.17, 15) is 14.4 Å². The highest BCUT2D eigenvalue weighted by Gasteiger charge is 2.28. The van der Waals surface area contributed by atoms with Crippen LogP contribution in [0.3, 0.4) is 0 Å². The summed E-state index contributed by atoms with van der Waals surface area (Å²) in [7, 11) is 1.52. The predicted molar refractivity (Wildman–Crippen MR) is 112 cm³/mol. The van der Waals surface area contributed by atoms with Gasteiger partial charge in [-0.2, -0.15) is 0 Å². The summed E-state index contributed by atoms with van der Waals surface area (Å²) >= 11 is 0. The van der Waals surface area contributed by atoms with Gasteiger partial charge in [0.2, 0.25) is 0 Å². The number of rotatable bonds is 4. The van der Waals surface area contributed by atoms with Gasteiger partial charge in [0.05, 0.1) is 6.54 Å². The molecule has 7 nitrogen and oxygen atoms in total. The van der Waals surface area contributed by atoms with E-state index in [-0.39, 0.29) is 17.0 Å². The van der Waals surface area contributed by atoms with Gasteiger partial charge in [-0.3, -0.25) is 19.4 Å². The van der Waals surface area contributed by atoms with Crippen molar-refractivity contribution in [2.24, 2.45) is 0 Å². The summed E-state index contributed by atoms with van der Waals surface area (Å²) in [5.74, 6) is -0.563. The summed E-state index contributed by atoms with van der Waals surface area (Å²) in [6.07, 6.45) is 3.80. The van der Waals surface area contributed by atoms with Crippen LogP contribution >= 0.6 is 0 Å². The lowest BCUT2D eigenvalue weighted by Gasteiger charge is -2.30. The number of carbonyl (C=O) groups is 2. The highest BCUT2D eigenvalue weighted by molar-refractivity contribution is 5.96. The van der Waals surface area contributed by atoms with Crippen LogP contribution in [-0.4, -0.2) is 39.9 Å². The van der Waals surface area contributed by atoms with Crippen molar-refractivity contribution in [3.63, 3.8) is 0 Å². The average Bonchev–Trinajstić information content (AvgIpc) is 2.79. The van der Waals surface area contributed by atoms with E-state index in [0.717, 1.165) is 11.1 Å². The van der Waals surface area contributed by atoms with E-state index in [1.54, 1.807) is 40.1 Å². The van der Waals surface area contributed by atoms with Gasteiger partial charge >= 0.3 is 0 Å². The quantitative estimate of drug-likeness (QED) is 0.722. The van der Waals surface area contributed by atoms with Gasteiger partial charge in [-0.15, -0.1) is 0 Å². The molecule has 0 saturated heterocycles. The van der Waals surface area contributed by atoms with Gasteiger partial charge in [-0.05, 0) is 35.2 Å². The fourth-order valence-corrected chi connectivity index (χ4v) is 3.79. The number of fused-ring (bicyclic) bond motifs is 1. The molecule has 0 saturated carbocycles. The molecule has 0 aliphatic carbocycles. The number of amides is 2. The van der Waals surface area contributed by atoms with Gasteiger partial charge < -0.3 is 14.8 Å². The minimum Gasteiger partial charge on any atom is -0.355 e. The number of hydrogen-bond donors (Lipinski definition) is 1. The topological polar surface area (TPSA) is 84.3 Å². The molecule has 3 aromatic rings. The first-order valence-electron chi connectivity index (χ1n) is 9.80. The molecule has 2 amide bonds. The van der Waals surface area contributed by atoms with Crippen LogP contribution in [0.4, 0.5) is 0 Å². The Morgan fingerprint density at radius 3 is 2.57 bits per heavy atom. The molecular formula is C23H22N4O3. The summed E-state index contributed by atoms with van der Waals surface area (Å²) < 4.78 is 1.55. The van der Waals surface area contributed by atoms with Crippen molar-refractivity contribution in [2.75, 3.05) is 13.6 Å². The fourth-order valence-electron chi connectivity index (χ4n) is 3.79. The molecule has 3 heterocycles. The zero-order chi connectivity index (χ0) is 21.1. The summed E-state index contributed by atoms with van der Waals surface area (Å²) in [6.45, 7) is 1.10. The second-order valence-electron chi connectivity index (χ2n) is 7.20. The van der Waals surface area contributed by atoms with Crippen LogP contribution in [0.5, 0.6) is 0 Å². The van der Waals surface area contributed by atoms with E-state index >= 15 is 0 Å². The monoisotopic (exact) mass is 402 g/mol. The maximum atomic E-state index is 13.1. The zero-order valence-corrected chi connectivity index (χ0v) is 16.7. The average molecular weight is 402 g/mol. The van der Waals surface area contributed by atoms with Crippen molar-refractivity contribution >= 4 is 11.8 Å². The van der Waals surface area contributed by atoms with Crippen molar-refractivity contribution < 1.29 is 9.59 Å². The fraction of sp³-hybridized carbons (Fsp3) is 0.217. The van der Waals surface area contributed by atoms with Crippen LogP contribution < -0.4 is 10.9 Å². The summed E-state index contributed by atoms with van der Waals surface area (Å²) in [5.41, 5.74) is 2.70. The van der Waals surface area contributed by atoms with Crippen molar-refractivity contribution in [2.45, 2.75) is 19.5 Å². The number of benzene rings is 1. The highest BCUT2D eigenvalue weighted by Crippen LogP contribution is 2.22. The maximum Gasteiger partial charge on any atom is 0.272 e. The molecule has 0 bridgehead atoms. The molecule has 30 heavy (non-hydrogen) atoms. The lowest BCUT2D eigenvalue weighted by molar-refractivity contribution is 0.0728. The third-order valence-corrected chi connectivity index (χ3v) is 5.29. The highest BCUT2D eigenvalue weighted by atomic mass is 16.2. The number of hydrogen-bond acceptors (Lipinski definition) is 4. The number of nitrogens with zero attached hydrogens (tertiary/aromatic N) is 3. The molecule has 1 aliphatic heterocycles. The molecule has 0 fully saturated rings. The molecule has 0 radical (unpaired) electrons. The Labute approximate surface area is 174 Å². The minimum absolute atomic E-state index is 0.163. The number of carbonyl (C=O) groups excluding carboxylic acids is 2. The first-order chi connectivity index (χ1) is 14.6. The van der Waals surface area contributed by atoms with Gasteiger partial charge in [0.25, 0.3) is 17.4 Å². The second kappa shape index (κ2) is 8.32. The molecule has 0 spiro atoms. The third kappa shape index (κ3) is 3.74. The smallest absolute Gasteiger partial charge is 0.272 e. The Morgan fingerprint density at radius 1 is 1.10 bits per heavy atom. The van der Waals surface area contributed by atoms with Gasteiger partial charge in [0.15, 0.2) is 0 Å². The zero-order valence-electron chi connectivity index (χ0n) is 16.7. The molecule has 152 valence electrons. The Bertz CT molecular complexity index is 1140. The van der Waals surface area contributed by atoms with Crippen molar-refractivity contribution in [1.29, 1.82) is 0 Å². The first kappa shape index (κ1) is 19.6. The van der Waals surface area contributed by atoms with Gasteiger partial charge in [-0.1, -0.05) is 36.4 Å². The Kier molecular flexibility index (Phi) is 5.43. The number of nitrogens with one attached hydrogen (secondary N) is 1. The van der Waals surface area contributed by atoms with E-state index < -0.39 is 5.91 Å². The van der Waals surface area contributed by atoms with Crippen molar-refractivity contribution in [3.05, 3.63) is 99.2 Å². The SMILES string of the molecule is CNC(=O)c1c2c(cn(Cc3ccccc3)c1=O)CN(C(=O)c1ccccn1)CC2. The van der Waals surface area contributed by atoms with Crippen molar-refractivity contribution in [1.82, 2.24) is 19.8 Å². The summed E-state index contributed by atoms with van der Waals surface area (Å²) in [6, 6.07) is 14.8. The molecular weight excluding hydrogens is 380 g/mol. The molecule has 0 atom stereocenters. The van der Waals surface area contributed by atoms with E-state index in [1.807, 2.05) is 30.3 Å². The lowest BCUT2D eigenvalue weighted by atomic mass is 9.95. The Balaban J connectivity index is 1.73. The van der Waals surface area contributed by atoms with E-state index in [0.29, 0.717) is 37.3 Å². The normalized spacial score (nSPS) is 12.9. The van der Waals surface area contributed by atoms with Gasteiger partial charge in [0.1, 0.15) is 11.3 Å². The first-order valence-corrected chi connectivity index (χ1v) is 9.80. The predicted octanol–water partition coefficient (Wildman–Crippen LogP) is 1.85. The van der Waals surface area contributed by atoms with Crippen LogP contribution in [0.25, 0.3) is 0 Å². The molecule has 4 rings (SSSR count). The lowest BCUT2D eigenvalue weighted by Crippen LogP contribution is -2.41. The molecule has 7 heteroatoms. The van der Waals surface area contributed by atoms with Crippen LogP contribution in [-0.2, 0) is 19.5 Å². The maximum absolute atomic E-state index is 13.1. The summed E-state index contributed by atoms with van der Waals surface area (Å²) in [4.78, 5) is 44.3. The molecule has 1 aromatic carbocycles. The second-order valence-corrected chi connectivity index (χ2v) is 7.20. The summed E-state index contributed by atoms with van der Waals surface area (Å²) in [5, 5.41) is 2.58. The van der Waals surface area contributed by atoms with Crippen LogP contribution in [0.2, 0.25) is 0 Å². The van der Waals surface area contributed by atoms with Crippen LogP contribution in [0.15, 0.2) is 65.7 Å². The van der Waals surface area contributed by atoms with Crippen LogP contribution in [0.1, 0.15) is 37.5 Å². The van der Waals surface area contributed by atoms with Crippen molar-refractivity contribution in [3.8, 4) is 0 Å². The van der Waals surface area contributed by atoms with Crippen LogP contribution in [0, 0.1) is 0 Å².